The van der Waals surface area contributed by atoms with Crippen LogP contribution in [0.4, 0.5) is 19.3 Å². The van der Waals surface area contributed by atoms with E-state index in [-0.39, 0.29) is 30.4 Å². The predicted molar refractivity (Wildman–Crippen MR) is 90.0 cm³/mol. The van der Waals surface area contributed by atoms with Gasteiger partial charge in [-0.05, 0) is 24.3 Å². The number of anilines is 1. The van der Waals surface area contributed by atoms with Crippen LogP contribution in [-0.4, -0.2) is 25.3 Å². The number of carbonyl (C=O) groups is 2. The van der Waals surface area contributed by atoms with Crippen LogP contribution in [0.15, 0.2) is 36.4 Å². The van der Waals surface area contributed by atoms with E-state index in [0.29, 0.717) is 17.0 Å². The third-order valence-corrected chi connectivity index (χ3v) is 3.60. The molecular formula is C17H15F2N3O5. The molecule has 1 aliphatic rings. The molecule has 10 heteroatoms. The fourth-order valence-electron chi connectivity index (χ4n) is 2.47. The normalized spacial score (nSPS) is 12.0. The van der Waals surface area contributed by atoms with E-state index in [1.165, 1.54) is 24.3 Å². The number of benzene rings is 2. The fraction of sp³-hybridized carbons (Fsp3) is 0.176. The molecule has 0 saturated heterocycles. The maximum atomic E-state index is 12.6. The maximum Gasteiger partial charge on any atom is 0.387 e. The van der Waals surface area contributed by atoms with E-state index in [1.54, 1.807) is 12.1 Å². The van der Waals surface area contributed by atoms with Crippen LogP contribution in [-0.2, 0) is 6.54 Å². The summed E-state index contributed by atoms with van der Waals surface area (Å²) in [4.78, 5) is 23.2. The third-order valence-electron chi connectivity index (χ3n) is 3.60. The smallest absolute Gasteiger partial charge is 0.387 e. The van der Waals surface area contributed by atoms with Crippen LogP contribution >= 0.6 is 0 Å². The molecule has 0 saturated carbocycles. The molecule has 0 fully saturated rings. The van der Waals surface area contributed by atoms with Gasteiger partial charge in [0.05, 0.1) is 0 Å². The third kappa shape index (κ3) is 4.54. The Morgan fingerprint density at radius 3 is 2.63 bits per heavy atom. The molecule has 4 N–H and O–H groups in total. The van der Waals surface area contributed by atoms with Crippen molar-refractivity contribution in [3.05, 3.63) is 47.5 Å². The highest BCUT2D eigenvalue weighted by atomic mass is 19.3. The first-order valence-electron chi connectivity index (χ1n) is 7.74. The lowest BCUT2D eigenvalue weighted by molar-refractivity contribution is -0.0505. The molecule has 3 amide bonds. The van der Waals surface area contributed by atoms with Crippen LogP contribution in [0, 0.1) is 0 Å². The summed E-state index contributed by atoms with van der Waals surface area (Å²) >= 11 is 0. The second kappa shape index (κ2) is 7.77. The zero-order valence-electron chi connectivity index (χ0n) is 13.8. The lowest BCUT2D eigenvalue weighted by atomic mass is 10.1. The van der Waals surface area contributed by atoms with Gasteiger partial charge in [-0.15, -0.1) is 0 Å². The Morgan fingerprint density at radius 1 is 1.19 bits per heavy atom. The summed E-state index contributed by atoms with van der Waals surface area (Å²) in [6, 6.07) is 8.06. The average Bonchev–Trinajstić information content (AvgIpc) is 3.05. The summed E-state index contributed by atoms with van der Waals surface area (Å²) in [7, 11) is 0. The molecule has 0 aliphatic carbocycles. The number of rotatable bonds is 6. The van der Waals surface area contributed by atoms with Crippen molar-refractivity contribution in [2.45, 2.75) is 13.2 Å². The SMILES string of the molecule is NC(=O)Nc1cccc(C(=O)NCc2cc3c(cc2OC(F)F)OCO3)c1. The van der Waals surface area contributed by atoms with E-state index in [4.69, 9.17) is 15.2 Å². The van der Waals surface area contributed by atoms with Gasteiger partial charge in [-0.2, -0.15) is 8.78 Å². The maximum absolute atomic E-state index is 12.6. The summed E-state index contributed by atoms with van der Waals surface area (Å²) in [5, 5.41) is 4.95. The Labute approximate surface area is 152 Å². The zero-order valence-corrected chi connectivity index (χ0v) is 13.8. The minimum absolute atomic E-state index is 0.0288. The van der Waals surface area contributed by atoms with Crippen molar-refractivity contribution < 1.29 is 32.6 Å². The van der Waals surface area contributed by atoms with Gasteiger partial charge in [0.25, 0.3) is 5.91 Å². The molecule has 1 aliphatic heterocycles. The number of urea groups is 1. The number of amides is 3. The molecule has 142 valence electrons. The Bertz CT molecular complexity index is 876. The molecule has 27 heavy (non-hydrogen) atoms. The van der Waals surface area contributed by atoms with Gasteiger partial charge in [0.15, 0.2) is 11.5 Å². The highest BCUT2D eigenvalue weighted by molar-refractivity contribution is 5.96. The predicted octanol–water partition coefficient (Wildman–Crippen LogP) is 2.44. The molecule has 2 aromatic carbocycles. The summed E-state index contributed by atoms with van der Waals surface area (Å²) in [6.07, 6.45) is 0. The van der Waals surface area contributed by atoms with Crippen molar-refractivity contribution >= 4 is 17.6 Å². The summed E-state index contributed by atoms with van der Waals surface area (Å²) in [6.45, 7) is -3.15. The van der Waals surface area contributed by atoms with Crippen molar-refractivity contribution in [2.75, 3.05) is 12.1 Å². The number of alkyl halides is 2. The van der Waals surface area contributed by atoms with Gasteiger partial charge in [0.1, 0.15) is 5.75 Å². The number of hydrogen-bond donors (Lipinski definition) is 3. The van der Waals surface area contributed by atoms with Crippen LogP contribution in [0.1, 0.15) is 15.9 Å². The fourth-order valence-corrected chi connectivity index (χ4v) is 2.47. The summed E-state index contributed by atoms with van der Waals surface area (Å²) in [5.41, 5.74) is 5.93. The van der Waals surface area contributed by atoms with E-state index in [1.807, 2.05) is 0 Å². The number of ether oxygens (including phenoxy) is 3. The molecule has 0 spiro atoms. The molecule has 3 rings (SSSR count). The van der Waals surface area contributed by atoms with Crippen LogP contribution in [0.25, 0.3) is 0 Å². The number of fused-ring (bicyclic) bond motifs is 1. The highest BCUT2D eigenvalue weighted by Gasteiger charge is 2.20. The largest absolute Gasteiger partial charge is 0.454 e. The Morgan fingerprint density at radius 2 is 1.93 bits per heavy atom. The van der Waals surface area contributed by atoms with Gasteiger partial charge in [-0.3, -0.25) is 4.79 Å². The van der Waals surface area contributed by atoms with Crippen LogP contribution in [0.5, 0.6) is 17.2 Å². The molecule has 0 bridgehead atoms. The average molecular weight is 379 g/mol. The van der Waals surface area contributed by atoms with Crippen LogP contribution in [0.3, 0.4) is 0 Å². The Kier molecular flexibility index (Phi) is 5.25. The zero-order chi connectivity index (χ0) is 19.4. The van der Waals surface area contributed by atoms with Crippen molar-refractivity contribution in [3.63, 3.8) is 0 Å². The second-order valence-electron chi connectivity index (χ2n) is 5.44. The standard InChI is InChI=1S/C17H15F2N3O5/c18-16(19)27-12-6-14-13(25-8-26-14)5-10(12)7-21-15(23)9-2-1-3-11(4-9)22-17(20)24/h1-6,16H,7-8H2,(H,21,23)(H3,20,22,24). The summed E-state index contributed by atoms with van der Waals surface area (Å²) in [5.74, 6) is 0.0435. The molecule has 1 heterocycles. The lowest BCUT2D eigenvalue weighted by Gasteiger charge is -2.13. The van der Waals surface area contributed by atoms with E-state index >= 15 is 0 Å². The first-order valence-corrected chi connectivity index (χ1v) is 7.74. The first kappa shape index (κ1) is 18.2. The van der Waals surface area contributed by atoms with Gasteiger partial charge in [-0.1, -0.05) is 6.07 Å². The first-order chi connectivity index (χ1) is 12.9. The van der Waals surface area contributed by atoms with E-state index in [2.05, 4.69) is 15.4 Å². The van der Waals surface area contributed by atoms with E-state index in [0.717, 1.165) is 0 Å². The van der Waals surface area contributed by atoms with Crippen molar-refractivity contribution in [3.8, 4) is 17.2 Å². The van der Waals surface area contributed by atoms with E-state index in [9.17, 15) is 18.4 Å². The minimum Gasteiger partial charge on any atom is -0.454 e. The van der Waals surface area contributed by atoms with Gasteiger partial charge < -0.3 is 30.6 Å². The number of primary amides is 1. The van der Waals surface area contributed by atoms with Crippen molar-refractivity contribution in [2.24, 2.45) is 5.73 Å². The van der Waals surface area contributed by atoms with Gasteiger partial charge >= 0.3 is 12.6 Å². The number of halogens is 2. The van der Waals surface area contributed by atoms with Crippen LogP contribution in [0.2, 0.25) is 0 Å². The minimum atomic E-state index is -3.03. The van der Waals surface area contributed by atoms with Crippen LogP contribution < -0.4 is 30.6 Å². The number of nitrogens with two attached hydrogens (primary N) is 1. The number of hydrogen-bond acceptors (Lipinski definition) is 5. The molecule has 8 nitrogen and oxygen atoms in total. The topological polar surface area (TPSA) is 112 Å². The second-order valence-corrected chi connectivity index (χ2v) is 5.44. The molecule has 2 aromatic rings. The van der Waals surface area contributed by atoms with Crippen molar-refractivity contribution in [1.29, 1.82) is 0 Å². The van der Waals surface area contributed by atoms with Gasteiger partial charge in [0, 0.05) is 29.4 Å². The number of carbonyl (C=O) groups excluding carboxylic acids is 2. The Balaban J connectivity index is 1.74. The summed E-state index contributed by atoms with van der Waals surface area (Å²) < 4.78 is 40.1. The monoisotopic (exact) mass is 379 g/mol. The lowest BCUT2D eigenvalue weighted by Crippen LogP contribution is -2.24. The molecule has 0 unspecified atom stereocenters. The molecule has 0 aromatic heterocycles. The molecule has 0 radical (unpaired) electrons. The van der Waals surface area contributed by atoms with Crippen molar-refractivity contribution in [1.82, 2.24) is 5.32 Å². The molecule has 0 atom stereocenters. The number of nitrogens with one attached hydrogen (secondary N) is 2. The van der Waals surface area contributed by atoms with Gasteiger partial charge in [-0.25, -0.2) is 4.79 Å². The Hall–Kier alpha value is -3.56. The van der Waals surface area contributed by atoms with E-state index < -0.39 is 18.5 Å². The quantitative estimate of drug-likeness (QED) is 0.714. The highest BCUT2D eigenvalue weighted by Crippen LogP contribution is 2.38. The van der Waals surface area contributed by atoms with Gasteiger partial charge in [0.2, 0.25) is 6.79 Å². The molecular weight excluding hydrogens is 364 g/mol.